The minimum absolute atomic E-state index is 0. The standard InChI is InChI=1S/C18H30N4.HI/c1-16-8-7-12-22(14-16)13-11-20-18(19-2)21(3)15-17-9-5-4-6-10-17;/h4-6,9-10,16H,7-8,11-15H2,1-3H3,(H,19,20);1H. The molecule has 0 aliphatic carbocycles. The summed E-state index contributed by atoms with van der Waals surface area (Å²) in [7, 11) is 3.94. The van der Waals surface area contributed by atoms with E-state index in [1.807, 2.05) is 7.05 Å². The highest BCUT2D eigenvalue weighted by Crippen LogP contribution is 2.14. The van der Waals surface area contributed by atoms with Crippen LogP contribution in [0.25, 0.3) is 0 Å². The Kier molecular flexibility index (Phi) is 9.55. The Bertz CT molecular complexity index is 463. The normalized spacial score (nSPS) is 19.1. The SMILES string of the molecule is CN=C(NCCN1CCCC(C)C1)N(C)Cc1ccccc1.I. The fourth-order valence-electron chi connectivity index (χ4n) is 3.13. The Balaban J connectivity index is 0.00000264. The molecule has 4 nitrogen and oxygen atoms in total. The number of rotatable bonds is 5. The first-order chi connectivity index (χ1) is 10.7. The van der Waals surface area contributed by atoms with E-state index in [-0.39, 0.29) is 24.0 Å². The second-order valence-electron chi connectivity index (χ2n) is 6.36. The molecule has 0 amide bonds. The molecule has 1 saturated heterocycles. The lowest BCUT2D eigenvalue weighted by molar-refractivity contribution is 0.186. The minimum atomic E-state index is 0. The van der Waals surface area contributed by atoms with Crippen molar-refractivity contribution < 1.29 is 0 Å². The third-order valence-corrected chi connectivity index (χ3v) is 4.29. The molecule has 0 saturated carbocycles. The van der Waals surface area contributed by atoms with Crippen molar-refractivity contribution in [3.63, 3.8) is 0 Å². The van der Waals surface area contributed by atoms with Crippen LogP contribution in [0.3, 0.4) is 0 Å². The van der Waals surface area contributed by atoms with E-state index < -0.39 is 0 Å². The number of hydrogen-bond donors (Lipinski definition) is 1. The van der Waals surface area contributed by atoms with E-state index in [0.29, 0.717) is 0 Å². The number of likely N-dealkylation sites (tertiary alicyclic amines) is 1. The Morgan fingerprint density at radius 2 is 2.09 bits per heavy atom. The second kappa shape index (κ2) is 10.9. The van der Waals surface area contributed by atoms with Crippen LogP contribution < -0.4 is 5.32 Å². The molecule has 1 aromatic carbocycles. The van der Waals surface area contributed by atoms with E-state index in [0.717, 1.165) is 31.5 Å². The lowest BCUT2D eigenvalue weighted by atomic mass is 10.0. The number of hydrogen-bond acceptors (Lipinski definition) is 2. The van der Waals surface area contributed by atoms with E-state index in [1.54, 1.807) is 0 Å². The first-order valence-electron chi connectivity index (χ1n) is 8.37. The summed E-state index contributed by atoms with van der Waals surface area (Å²) < 4.78 is 0. The highest BCUT2D eigenvalue weighted by atomic mass is 127. The summed E-state index contributed by atoms with van der Waals surface area (Å²) in [5.41, 5.74) is 1.30. The molecule has 0 bridgehead atoms. The van der Waals surface area contributed by atoms with Crippen LogP contribution in [0, 0.1) is 5.92 Å². The van der Waals surface area contributed by atoms with Gasteiger partial charge in [-0.15, -0.1) is 24.0 Å². The van der Waals surface area contributed by atoms with Crippen molar-refractivity contribution in [1.82, 2.24) is 15.1 Å². The molecule has 23 heavy (non-hydrogen) atoms. The molecule has 0 aromatic heterocycles. The fraction of sp³-hybridized carbons (Fsp3) is 0.611. The maximum atomic E-state index is 4.39. The number of benzene rings is 1. The summed E-state index contributed by atoms with van der Waals surface area (Å²) in [6.07, 6.45) is 2.72. The van der Waals surface area contributed by atoms with Gasteiger partial charge in [-0.05, 0) is 30.9 Å². The Labute approximate surface area is 158 Å². The number of aliphatic imine (C=N–C) groups is 1. The van der Waals surface area contributed by atoms with Crippen molar-refractivity contribution in [2.45, 2.75) is 26.3 Å². The van der Waals surface area contributed by atoms with Gasteiger partial charge in [0.15, 0.2) is 5.96 Å². The van der Waals surface area contributed by atoms with Crippen molar-refractivity contribution in [2.75, 3.05) is 40.3 Å². The highest BCUT2D eigenvalue weighted by molar-refractivity contribution is 14.0. The van der Waals surface area contributed by atoms with Gasteiger partial charge in [-0.25, -0.2) is 0 Å². The molecular formula is C18H31IN4. The van der Waals surface area contributed by atoms with Gasteiger partial charge in [0, 0.05) is 40.3 Å². The maximum absolute atomic E-state index is 4.39. The van der Waals surface area contributed by atoms with Crippen LogP contribution in [-0.2, 0) is 6.54 Å². The van der Waals surface area contributed by atoms with Gasteiger partial charge in [-0.3, -0.25) is 4.99 Å². The summed E-state index contributed by atoms with van der Waals surface area (Å²) in [5.74, 6) is 1.81. The van der Waals surface area contributed by atoms with E-state index in [9.17, 15) is 0 Å². The number of halogens is 1. The zero-order valence-corrected chi connectivity index (χ0v) is 17.0. The molecule has 1 aliphatic heterocycles. The Morgan fingerprint density at radius 3 is 2.74 bits per heavy atom. The summed E-state index contributed by atoms with van der Waals surface area (Å²) in [6.45, 7) is 7.76. The van der Waals surface area contributed by atoms with E-state index in [1.165, 1.54) is 31.5 Å². The zero-order valence-electron chi connectivity index (χ0n) is 14.7. The van der Waals surface area contributed by atoms with Gasteiger partial charge in [-0.2, -0.15) is 0 Å². The summed E-state index contributed by atoms with van der Waals surface area (Å²) in [5, 5.41) is 3.49. The summed E-state index contributed by atoms with van der Waals surface area (Å²) in [6, 6.07) is 10.5. The zero-order chi connectivity index (χ0) is 15.8. The molecule has 0 spiro atoms. The van der Waals surface area contributed by atoms with Crippen molar-refractivity contribution in [3.8, 4) is 0 Å². The summed E-state index contributed by atoms with van der Waals surface area (Å²) >= 11 is 0. The van der Waals surface area contributed by atoms with Gasteiger partial charge in [-0.1, -0.05) is 37.3 Å². The topological polar surface area (TPSA) is 30.9 Å². The first-order valence-corrected chi connectivity index (χ1v) is 8.37. The van der Waals surface area contributed by atoms with Gasteiger partial charge < -0.3 is 15.1 Å². The average molecular weight is 430 g/mol. The third kappa shape index (κ3) is 7.08. The molecule has 2 rings (SSSR count). The minimum Gasteiger partial charge on any atom is -0.355 e. The maximum Gasteiger partial charge on any atom is 0.193 e. The van der Waals surface area contributed by atoms with Crippen molar-refractivity contribution in [3.05, 3.63) is 35.9 Å². The van der Waals surface area contributed by atoms with Crippen molar-refractivity contribution >= 4 is 29.9 Å². The highest BCUT2D eigenvalue weighted by Gasteiger charge is 2.15. The lowest BCUT2D eigenvalue weighted by Crippen LogP contribution is -2.44. The fourth-order valence-corrected chi connectivity index (χ4v) is 3.13. The van der Waals surface area contributed by atoms with Gasteiger partial charge >= 0.3 is 0 Å². The molecule has 5 heteroatoms. The first kappa shape index (κ1) is 20.2. The third-order valence-electron chi connectivity index (χ3n) is 4.29. The van der Waals surface area contributed by atoms with Gasteiger partial charge in [0.25, 0.3) is 0 Å². The van der Waals surface area contributed by atoms with Crippen LogP contribution in [0.15, 0.2) is 35.3 Å². The molecule has 0 radical (unpaired) electrons. The Hall–Kier alpha value is -0.820. The van der Waals surface area contributed by atoms with Gasteiger partial charge in [0.2, 0.25) is 0 Å². The van der Waals surface area contributed by atoms with Crippen LogP contribution >= 0.6 is 24.0 Å². The molecule has 1 N–H and O–H groups in total. The van der Waals surface area contributed by atoms with Crippen LogP contribution in [0.2, 0.25) is 0 Å². The molecule has 1 aromatic rings. The van der Waals surface area contributed by atoms with Crippen molar-refractivity contribution in [2.24, 2.45) is 10.9 Å². The average Bonchev–Trinajstić information content (AvgIpc) is 2.52. The lowest BCUT2D eigenvalue weighted by Gasteiger charge is -2.31. The predicted molar refractivity (Wildman–Crippen MR) is 110 cm³/mol. The number of nitrogens with one attached hydrogen (secondary N) is 1. The molecule has 1 aliphatic rings. The van der Waals surface area contributed by atoms with E-state index in [4.69, 9.17) is 0 Å². The largest absolute Gasteiger partial charge is 0.355 e. The number of guanidine groups is 1. The molecule has 1 atom stereocenters. The van der Waals surface area contributed by atoms with Crippen molar-refractivity contribution in [1.29, 1.82) is 0 Å². The van der Waals surface area contributed by atoms with Gasteiger partial charge in [0.1, 0.15) is 0 Å². The molecule has 130 valence electrons. The Morgan fingerprint density at radius 1 is 1.35 bits per heavy atom. The van der Waals surface area contributed by atoms with Crippen LogP contribution in [-0.4, -0.2) is 56.0 Å². The van der Waals surface area contributed by atoms with E-state index >= 15 is 0 Å². The number of nitrogens with zero attached hydrogens (tertiary/aromatic N) is 3. The van der Waals surface area contributed by atoms with Gasteiger partial charge in [0.05, 0.1) is 0 Å². The number of piperidine rings is 1. The van der Waals surface area contributed by atoms with Crippen LogP contribution in [0.4, 0.5) is 0 Å². The van der Waals surface area contributed by atoms with Crippen LogP contribution in [0.1, 0.15) is 25.3 Å². The quantitative estimate of drug-likeness (QED) is 0.443. The molecule has 1 heterocycles. The predicted octanol–water partition coefficient (Wildman–Crippen LogP) is 3.04. The monoisotopic (exact) mass is 430 g/mol. The van der Waals surface area contributed by atoms with E-state index in [2.05, 4.69) is 64.4 Å². The second-order valence-corrected chi connectivity index (χ2v) is 6.36. The summed E-state index contributed by atoms with van der Waals surface area (Å²) in [4.78, 5) is 9.13. The molecular weight excluding hydrogens is 399 g/mol. The molecule has 1 unspecified atom stereocenters. The smallest absolute Gasteiger partial charge is 0.193 e. The molecule has 1 fully saturated rings. The van der Waals surface area contributed by atoms with Crippen LogP contribution in [0.5, 0.6) is 0 Å².